The summed E-state index contributed by atoms with van der Waals surface area (Å²) in [4.78, 5) is 17.1. The average Bonchev–Trinajstić information content (AvgIpc) is 2.97. The molecule has 0 spiro atoms. The third-order valence-corrected chi connectivity index (χ3v) is 4.61. The Kier molecular flexibility index (Phi) is 4.49. The molecule has 7 heteroatoms. The third kappa shape index (κ3) is 2.74. The van der Waals surface area contributed by atoms with Crippen LogP contribution in [0.4, 0.5) is 10.3 Å². The first-order valence-electron chi connectivity index (χ1n) is 7.99. The molecule has 1 aromatic carbocycles. The van der Waals surface area contributed by atoms with Crippen molar-refractivity contribution >= 4 is 22.9 Å². The van der Waals surface area contributed by atoms with Crippen LogP contribution in [-0.4, -0.2) is 35.3 Å². The topological polar surface area (TPSA) is 79.9 Å². The van der Waals surface area contributed by atoms with E-state index in [-0.39, 0.29) is 5.91 Å². The molecule has 0 bridgehead atoms. The van der Waals surface area contributed by atoms with Crippen molar-refractivity contribution in [3.05, 3.63) is 23.8 Å². The van der Waals surface area contributed by atoms with Gasteiger partial charge in [0, 0.05) is 19.8 Å². The quantitative estimate of drug-likeness (QED) is 0.934. The molecular weight excluding hydrogens is 311 g/mol. The minimum Gasteiger partial charge on any atom is -0.381 e. The number of halogens is 1. The lowest BCUT2D eigenvalue weighted by Crippen LogP contribution is -2.43. The number of benzene rings is 1. The molecule has 0 aliphatic carbocycles. The van der Waals surface area contributed by atoms with Gasteiger partial charge in [-0.1, -0.05) is 0 Å². The molecule has 1 saturated heterocycles. The number of nitrogens with zero attached hydrogens (tertiary/aromatic N) is 3. The number of carbonyl (C=O) groups excluding carboxylic acids is 1. The van der Waals surface area contributed by atoms with Gasteiger partial charge in [0.05, 0.1) is 28.1 Å². The van der Waals surface area contributed by atoms with Crippen LogP contribution in [0, 0.1) is 16.7 Å². The smallest absolute Gasteiger partial charge is 0.235 e. The van der Waals surface area contributed by atoms with Crippen molar-refractivity contribution < 1.29 is 13.9 Å². The Balaban J connectivity index is 1.94. The Hall–Kier alpha value is -2.46. The summed E-state index contributed by atoms with van der Waals surface area (Å²) >= 11 is 0. The van der Waals surface area contributed by atoms with Gasteiger partial charge < -0.3 is 9.30 Å². The molecule has 24 heavy (non-hydrogen) atoms. The van der Waals surface area contributed by atoms with Crippen LogP contribution in [0.5, 0.6) is 0 Å². The summed E-state index contributed by atoms with van der Waals surface area (Å²) in [6.45, 7) is 2.59. The van der Waals surface area contributed by atoms with Gasteiger partial charge in [0.15, 0.2) is 0 Å². The maximum atomic E-state index is 13.6. The molecule has 2 heterocycles. The Morgan fingerprint density at radius 1 is 1.50 bits per heavy atom. The Morgan fingerprint density at radius 2 is 2.25 bits per heavy atom. The van der Waals surface area contributed by atoms with Crippen molar-refractivity contribution in [2.24, 2.45) is 5.41 Å². The van der Waals surface area contributed by atoms with Gasteiger partial charge in [-0.25, -0.2) is 9.37 Å². The zero-order valence-electron chi connectivity index (χ0n) is 13.5. The number of rotatable bonds is 4. The van der Waals surface area contributed by atoms with E-state index in [0.717, 1.165) is 5.52 Å². The predicted molar refractivity (Wildman–Crippen MR) is 87.2 cm³/mol. The summed E-state index contributed by atoms with van der Waals surface area (Å²) in [5, 5.41) is 11.8. The number of alkyl halides is 1. The lowest BCUT2D eigenvalue weighted by molar-refractivity contribution is -0.132. The molecule has 1 aromatic heterocycles. The Labute approximate surface area is 139 Å². The van der Waals surface area contributed by atoms with Crippen molar-refractivity contribution in [3.63, 3.8) is 0 Å². The highest BCUT2D eigenvalue weighted by atomic mass is 19.1. The van der Waals surface area contributed by atoms with Crippen molar-refractivity contribution in [1.29, 1.82) is 5.26 Å². The largest absolute Gasteiger partial charge is 0.381 e. The number of aromatic nitrogens is 2. The summed E-state index contributed by atoms with van der Waals surface area (Å²) in [6.07, 6.45) is 0.723. The predicted octanol–water partition coefficient (Wildman–Crippen LogP) is 2.63. The van der Waals surface area contributed by atoms with E-state index in [1.807, 2.05) is 11.5 Å². The normalized spacial score (nSPS) is 16.7. The molecule has 0 atom stereocenters. The van der Waals surface area contributed by atoms with Crippen LogP contribution in [0.2, 0.25) is 0 Å². The number of nitriles is 1. The zero-order valence-corrected chi connectivity index (χ0v) is 13.5. The van der Waals surface area contributed by atoms with Gasteiger partial charge in [-0.3, -0.25) is 10.1 Å². The van der Waals surface area contributed by atoms with Crippen molar-refractivity contribution in [2.45, 2.75) is 26.3 Å². The highest BCUT2D eigenvalue weighted by Crippen LogP contribution is 2.33. The van der Waals surface area contributed by atoms with Crippen LogP contribution in [0.25, 0.3) is 11.0 Å². The third-order valence-electron chi connectivity index (χ3n) is 4.61. The van der Waals surface area contributed by atoms with E-state index in [1.165, 1.54) is 0 Å². The lowest BCUT2D eigenvalue weighted by Gasteiger charge is -2.32. The first-order chi connectivity index (χ1) is 11.6. The molecule has 0 unspecified atom stereocenters. The molecular formula is C17H19FN4O2. The second-order valence-electron chi connectivity index (χ2n) is 5.98. The molecule has 1 aliphatic heterocycles. The molecule has 1 aliphatic rings. The van der Waals surface area contributed by atoms with Gasteiger partial charge in [0.2, 0.25) is 11.9 Å². The monoisotopic (exact) mass is 330 g/mol. The minimum absolute atomic E-state index is 0.361. The molecule has 2 aromatic rings. The van der Waals surface area contributed by atoms with Gasteiger partial charge in [0.1, 0.15) is 6.67 Å². The molecule has 3 rings (SSSR count). The van der Waals surface area contributed by atoms with E-state index >= 15 is 0 Å². The number of amides is 1. The Morgan fingerprint density at radius 3 is 2.88 bits per heavy atom. The van der Waals surface area contributed by atoms with Gasteiger partial charge in [0.25, 0.3) is 0 Å². The molecule has 1 fully saturated rings. The summed E-state index contributed by atoms with van der Waals surface area (Å²) in [7, 11) is 0. The van der Waals surface area contributed by atoms with Crippen LogP contribution in [-0.2, 0) is 16.1 Å². The number of aryl methyl sites for hydroxylation is 1. The van der Waals surface area contributed by atoms with Crippen molar-refractivity contribution in [1.82, 2.24) is 9.55 Å². The highest BCUT2D eigenvalue weighted by molar-refractivity contribution is 5.96. The SMILES string of the molecule is CCn1c(NC(=O)C2(CF)CCOCC2)nc2cc(C#N)ccc21. The van der Waals surface area contributed by atoms with E-state index in [4.69, 9.17) is 10.00 Å². The summed E-state index contributed by atoms with van der Waals surface area (Å²) in [6, 6.07) is 7.27. The molecule has 126 valence electrons. The maximum absolute atomic E-state index is 13.6. The number of anilines is 1. The fourth-order valence-corrected chi connectivity index (χ4v) is 3.03. The van der Waals surface area contributed by atoms with Crippen LogP contribution in [0.15, 0.2) is 18.2 Å². The average molecular weight is 330 g/mol. The fraction of sp³-hybridized carbons (Fsp3) is 0.471. The van der Waals surface area contributed by atoms with Crippen molar-refractivity contribution in [2.75, 3.05) is 25.2 Å². The number of carbonyl (C=O) groups is 1. The summed E-state index contributed by atoms with van der Waals surface area (Å²) in [5.41, 5.74) is 0.915. The molecule has 6 nitrogen and oxygen atoms in total. The Bertz CT molecular complexity index is 803. The van der Waals surface area contributed by atoms with Gasteiger partial charge in [-0.2, -0.15) is 5.26 Å². The number of hydrogen-bond acceptors (Lipinski definition) is 4. The van der Waals surface area contributed by atoms with Crippen LogP contribution >= 0.6 is 0 Å². The second kappa shape index (κ2) is 6.57. The van der Waals surface area contributed by atoms with E-state index in [2.05, 4.69) is 16.4 Å². The number of nitrogens with one attached hydrogen (secondary N) is 1. The minimum atomic E-state index is -1.05. The van der Waals surface area contributed by atoms with Crippen molar-refractivity contribution in [3.8, 4) is 6.07 Å². The molecule has 1 N–H and O–H groups in total. The first kappa shape index (κ1) is 16.4. The maximum Gasteiger partial charge on any atom is 0.235 e. The van der Waals surface area contributed by atoms with Crippen LogP contribution in [0.3, 0.4) is 0 Å². The second-order valence-corrected chi connectivity index (χ2v) is 5.98. The summed E-state index contributed by atoms with van der Waals surface area (Å²) < 4.78 is 20.7. The zero-order chi connectivity index (χ0) is 17.2. The number of hydrogen-bond donors (Lipinski definition) is 1. The summed E-state index contributed by atoms with van der Waals surface area (Å²) in [5.74, 6) is 0.0192. The van der Waals surface area contributed by atoms with E-state index in [9.17, 15) is 9.18 Å². The standard InChI is InChI=1S/C17H19FN4O2/c1-2-22-14-4-3-12(10-19)9-13(14)20-16(22)21-15(23)17(11-18)5-7-24-8-6-17/h3-4,9H,2,5-8,11H2,1H3,(H,20,21,23). The molecule has 0 radical (unpaired) electrons. The number of ether oxygens (including phenoxy) is 1. The molecule has 0 saturated carbocycles. The van der Waals surface area contributed by atoms with E-state index in [1.54, 1.807) is 18.2 Å². The fourth-order valence-electron chi connectivity index (χ4n) is 3.03. The first-order valence-corrected chi connectivity index (χ1v) is 7.99. The number of imidazole rings is 1. The van der Waals surface area contributed by atoms with Gasteiger partial charge in [-0.05, 0) is 38.0 Å². The number of fused-ring (bicyclic) bond motifs is 1. The van der Waals surface area contributed by atoms with Gasteiger partial charge >= 0.3 is 0 Å². The van der Waals surface area contributed by atoms with Crippen LogP contribution in [0.1, 0.15) is 25.3 Å². The van der Waals surface area contributed by atoms with Gasteiger partial charge in [-0.15, -0.1) is 0 Å². The van der Waals surface area contributed by atoms with E-state index < -0.39 is 12.1 Å². The van der Waals surface area contributed by atoms with E-state index in [0.29, 0.717) is 49.6 Å². The molecule has 1 amide bonds. The highest BCUT2D eigenvalue weighted by Gasteiger charge is 2.40. The van der Waals surface area contributed by atoms with Crippen LogP contribution < -0.4 is 5.32 Å². The lowest BCUT2D eigenvalue weighted by atomic mass is 9.80.